The third kappa shape index (κ3) is 6.59. The molecule has 2 rings (SSSR count). The van der Waals surface area contributed by atoms with Gasteiger partial charge in [-0.2, -0.15) is 0 Å². The van der Waals surface area contributed by atoms with Crippen molar-refractivity contribution in [1.82, 2.24) is 5.32 Å². The fourth-order valence-electron chi connectivity index (χ4n) is 2.42. The molecule has 0 saturated carbocycles. The van der Waals surface area contributed by atoms with Crippen LogP contribution in [0.25, 0.3) is 0 Å². The van der Waals surface area contributed by atoms with Gasteiger partial charge in [0.05, 0.1) is 18.6 Å². The van der Waals surface area contributed by atoms with Gasteiger partial charge in [0.25, 0.3) is 0 Å². The highest BCUT2D eigenvalue weighted by Gasteiger charge is 2.06. The molecule has 0 aliphatic heterocycles. The molecule has 2 aromatic carbocycles. The van der Waals surface area contributed by atoms with Crippen molar-refractivity contribution in [2.24, 2.45) is 5.92 Å². The van der Waals surface area contributed by atoms with Crippen molar-refractivity contribution in [3.05, 3.63) is 65.2 Å². The molecule has 0 bridgehead atoms. The van der Waals surface area contributed by atoms with Crippen LogP contribution in [0, 0.1) is 5.92 Å². The average molecular weight is 355 g/mol. The van der Waals surface area contributed by atoms with Crippen molar-refractivity contribution in [3.8, 4) is 5.75 Å². The van der Waals surface area contributed by atoms with E-state index in [1.807, 2.05) is 30.3 Å². The molecule has 26 heavy (non-hydrogen) atoms. The Morgan fingerprint density at radius 1 is 1.08 bits per heavy atom. The van der Waals surface area contributed by atoms with Gasteiger partial charge in [-0.05, 0) is 47.7 Å². The van der Waals surface area contributed by atoms with Crippen molar-refractivity contribution < 1.29 is 19.4 Å². The number of carbonyl (C=O) groups is 2. The van der Waals surface area contributed by atoms with Gasteiger partial charge in [0.2, 0.25) is 5.91 Å². The predicted octanol–water partition coefficient (Wildman–Crippen LogP) is 3.32. The largest absolute Gasteiger partial charge is 0.493 e. The molecular weight excluding hydrogens is 330 g/mol. The maximum Gasteiger partial charge on any atom is 0.335 e. The number of carbonyl (C=O) groups excluding carboxylic acids is 1. The molecule has 5 nitrogen and oxygen atoms in total. The minimum absolute atomic E-state index is 0.0600. The summed E-state index contributed by atoms with van der Waals surface area (Å²) in [5.41, 5.74) is 2.07. The third-order valence-electron chi connectivity index (χ3n) is 3.78. The van der Waals surface area contributed by atoms with Crippen LogP contribution in [0.15, 0.2) is 48.5 Å². The molecule has 1 amide bonds. The van der Waals surface area contributed by atoms with Crippen LogP contribution in [0.3, 0.4) is 0 Å². The summed E-state index contributed by atoms with van der Waals surface area (Å²) < 4.78 is 5.63. The van der Waals surface area contributed by atoms with Crippen molar-refractivity contribution >= 4 is 11.9 Å². The Morgan fingerprint density at radius 2 is 1.81 bits per heavy atom. The summed E-state index contributed by atoms with van der Waals surface area (Å²) in [7, 11) is 0. The number of carboxylic acids is 1. The highest BCUT2D eigenvalue weighted by molar-refractivity contribution is 5.87. The van der Waals surface area contributed by atoms with E-state index in [2.05, 4.69) is 19.2 Å². The number of hydrogen-bond acceptors (Lipinski definition) is 3. The number of amides is 1. The Labute approximate surface area is 154 Å². The van der Waals surface area contributed by atoms with Gasteiger partial charge in [0.1, 0.15) is 5.75 Å². The predicted molar refractivity (Wildman–Crippen MR) is 101 cm³/mol. The van der Waals surface area contributed by atoms with Crippen LogP contribution in [0.1, 0.15) is 35.3 Å². The van der Waals surface area contributed by atoms with Gasteiger partial charge in [0, 0.05) is 6.54 Å². The zero-order chi connectivity index (χ0) is 18.9. The second kappa shape index (κ2) is 9.61. The summed E-state index contributed by atoms with van der Waals surface area (Å²) in [5.74, 6) is 0.268. The first-order chi connectivity index (χ1) is 12.4. The van der Waals surface area contributed by atoms with Crippen molar-refractivity contribution in [2.75, 3.05) is 13.2 Å². The van der Waals surface area contributed by atoms with E-state index in [9.17, 15) is 9.59 Å². The van der Waals surface area contributed by atoms with Gasteiger partial charge >= 0.3 is 5.97 Å². The number of nitrogens with one attached hydrogen (secondary N) is 1. The molecule has 0 aromatic heterocycles. The number of carboxylic acid groups (broad SMARTS) is 1. The minimum Gasteiger partial charge on any atom is -0.493 e. The fraction of sp³-hybridized carbons (Fsp3) is 0.333. The summed E-state index contributed by atoms with van der Waals surface area (Å²) in [6, 6.07) is 14.3. The topological polar surface area (TPSA) is 75.6 Å². The molecule has 0 unspecified atom stereocenters. The maximum absolute atomic E-state index is 12.0. The zero-order valence-corrected chi connectivity index (χ0v) is 15.2. The van der Waals surface area contributed by atoms with Crippen LogP contribution < -0.4 is 10.1 Å². The summed E-state index contributed by atoms with van der Waals surface area (Å²) >= 11 is 0. The van der Waals surface area contributed by atoms with E-state index >= 15 is 0 Å². The zero-order valence-electron chi connectivity index (χ0n) is 15.2. The molecule has 0 aliphatic rings. The van der Waals surface area contributed by atoms with Gasteiger partial charge in [-0.15, -0.1) is 0 Å². The molecule has 2 aromatic rings. The molecule has 0 heterocycles. The smallest absolute Gasteiger partial charge is 0.335 e. The lowest BCUT2D eigenvalue weighted by Crippen LogP contribution is -2.27. The molecule has 0 fully saturated rings. The first-order valence-corrected chi connectivity index (χ1v) is 8.74. The van der Waals surface area contributed by atoms with Crippen LogP contribution >= 0.6 is 0 Å². The standard InChI is InChI=1S/C21H25NO4/c1-15(2)14-26-19-8-6-17(7-9-19)13-20(23)22-11-10-16-4-3-5-18(12-16)21(24)25/h3-9,12,15H,10-11,13-14H2,1-2H3,(H,22,23)(H,24,25). The van der Waals surface area contributed by atoms with E-state index in [0.29, 0.717) is 31.9 Å². The second-order valence-electron chi connectivity index (χ2n) is 6.63. The molecule has 0 radical (unpaired) electrons. The normalized spacial score (nSPS) is 10.6. The molecule has 138 valence electrons. The van der Waals surface area contributed by atoms with Gasteiger partial charge in [-0.25, -0.2) is 4.79 Å². The van der Waals surface area contributed by atoms with Crippen molar-refractivity contribution in [1.29, 1.82) is 0 Å². The molecule has 0 saturated heterocycles. The van der Waals surface area contributed by atoms with Gasteiger partial charge in [-0.1, -0.05) is 38.1 Å². The highest BCUT2D eigenvalue weighted by atomic mass is 16.5. The van der Waals surface area contributed by atoms with Crippen molar-refractivity contribution in [2.45, 2.75) is 26.7 Å². The van der Waals surface area contributed by atoms with Crippen LogP contribution in [0.5, 0.6) is 5.75 Å². The summed E-state index contributed by atoms with van der Waals surface area (Å²) in [6.07, 6.45) is 0.897. The molecule has 5 heteroatoms. The number of rotatable bonds is 9. The van der Waals surface area contributed by atoms with Crippen molar-refractivity contribution in [3.63, 3.8) is 0 Å². The van der Waals surface area contributed by atoms with Gasteiger partial charge < -0.3 is 15.2 Å². The van der Waals surface area contributed by atoms with Crippen LogP contribution in [-0.4, -0.2) is 30.1 Å². The fourth-order valence-corrected chi connectivity index (χ4v) is 2.42. The van der Waals surface area contributed by atoms with E-state index in [-0.39, 0.29) is 11.5 Å². The van der Waals surface area contributed by atoms with E-state index in [0.717, 1.165) is 16.9 Å². The third-order valence-corrected chi connectivity index (χ3v) is 3.78. The Balaban J connectivity index is 1.76. The van der Waals surface area contributed by atoms with E-state index in [1.54, 1.807) is 18.2 Å². The number of aromatic carboxylic acids is 1. The quantitative estimate of drug-likeness (QED) is 0.723. The molecular formula is C21H25NO4. The Bertz CT molecular complexity index is 738. The minimum atomic E-state index is -0.947. The van der Waals surface area contributed by atoms with Gasteiger partial charge in [-0.3, -0.25) is 4.79 Å². The Kier molecular flexibility index (Phi) is 7.21. The Morgan fingerprint density at radius 3 is 2.46 bits per heavy atom. The van der Waals surface area contributed by atoms with Crippen LogP contribution in [0.4, 0.5) is 0 Å². The lowest BCUT2D eigenvalue weighted by Gasteiger charge is -2.09. The molecule has 2 N–H and O–H groups in total. The summed E-state index contributed by atoms with van der Waals surface area (Å²) in [6.45, 7) is 5.33. The van der Waals surface area contributed by atoms with Gasteiger partial charge in [0.15, 0.2) is 0 Å². The first kappa shape index (κ1) is 19.5. The maximum atomic E-state index is 12.0. The average Bonchev–Trinajstić information content (AvgIpc) is 2.61. The monoisotopic (exact) mass is 355 g/mol. The summed E-state index contributed by atoms with van der Waals surface area (Å²) in [4.78, 5) is 23.0. The first-order valence-electron chi connectivity index (χ1n) is 8.74. The van der Waals surface area contributed by atoms with E-state index in [1.165, 1.54) is 0 Å². The number of hydrogen-bond donors (Lipinski definition) is 2. The Hall–Kier alpha value is -2.82. The number of benzene rings is 2. The van der Waals surface area contributed by atoms with Crippen LogP contribution in [-0.2, 0) is 17.6 Å². The lowest BCUT2D eigenvalue weighted by atomic mass is 10.1. The second-order valence-corrected chi connectivity index (χ2v) is 6.63. The lowest BCUT2D eigenvalue weighted by molar-refractivity contribution is -0.120. The molecule has 0 atom stereocenters. The van der Waals surface area contributed by atoms with E-state index < -0.39 is 5.97 Å². The molecule has 0 spiro atoms. The SMILES string of the molecule is CC(C)COc1ccc(CC(=O)NCCc2cccc(C(=O)O)c2)cc1. The summed E-state index contributed by atoms with van der Waals surface area (Å²) in [5, 5.41) is 11.9. The number of ether oxygens (including phenoxy) is 1. The molecule has 0 aliphatic carbocycles. The highest BCUT2D eigenvalue weighted by Crippen LogP contribution is 2.13. The van der Waals surface area contributed by atoms with E-state index in [4.69, 9.17) is 9.84 Å². The van der Waals surface area contributed by atoms with Crippen LogP contribution in [0.2, 0.25) is 0 Å².